The first-order valence-corrected chi connectivity index (χ1v) is 10.6. The second kappa shape index (κ2) is 9.64. The van der Waals surface area contributed by atoms with Crippen LogP contribution in [0.2, 0.25) is 5.02 Å². The van der Waals surface area contributed by atoms with E-state index in [0.29, 0.717) is 40.1 Å². The van der Waals surface area contributed by atoms with Crippen LogP contribution in [0.4, 0.5) is 11.4 Å². The van der Waals surface area contributed by atoms with Crippen LogP contribution in [0.25, 0.3) is 5.69 Å². The van der Waals surface area contributed by atoms with Gasteiger partial charge in [-0.2, -0.15) is 0 Å². The van der Waals surface area contributed by atoms with Crippen LogP contribution in [-0.4, -0.2) is 54.3 Å². The Morgan fingerprint density at radius 2 is 1.85 bits per heavy atom. The maximum Gasteiger partial charge on any atom is 0.354 e. The third-order valence-corrected chi connectivity index (χ3v) is 5.41. The Hall–Kier alpha value is -3.36. The van der Waals surface area contributed by atoms with Crippen LogP contribution in [0.3, 0.4) is 0 Å². The van der Waals surface area contributed by atoms with E-state index in [1.807, 2.05) is 32.8 Å². The van der Waals surface area contributed by atoms with Crippen molar-refractivity contribution in [2.75, 3.05) is 38.0 Å². The number of carbonyl (C=O) groups is 2. The molecule has 2 N–H and O–H groups in total. The molecule has 0 radical (unpaired) electrons. The summed E-state index contributed by atoms with van der Waals surface area (Å²) in [7, 11) is 5.29. The van der Waals surface area contributed by atoms with Gasteiger partial charge in [0.2, 0.25) is 0 Å². The number of carbonyl (C=O) groups excluding carboxylic acids is 1. The lowest BCUT2D eigenvalue weighted by Gasteiger charge is -2.27. The Balaban J connectivity index is 2.08. The molecule has 3 aromatic rings. The summed E-state index contributed by atoms with van der Waals surface area (Å²) in [5, 5.41) is 13.2. The number of aromatic nitrogens is 2. The molecule has 0 unspecified atom stereocenters. The molecule has 33 heavy (non-hydrogen) atoms. The van der Waals surface area contributed by atoms with Gasteiger partial charge < -0.3 is 20.1 Å². The molecule has 174 valence electrons. The predicted octanol–water partition coefficient (Wildman–Crippen LogP) is 4.47. The monoisotopic (exact) mass is 470 g/mol. The lowest BCUT2D eigenvalue weighted by Crippen LogP contribution is -2.29. The molecule has 9 heteroatoms. The summed E-state index contributed by atoms with van der Waals surface area (Å²) in [4.78, 5) is 30.9. The van der Waals surface area contributed by atoms with Crippen molar-refractivity contribution in [3.8, 4) is 5.69 Å². The number of rotatable bonds is 8. The molecular weight excluding hydrogens is 444 g/mol. The number of nitrogens with one attached hydrogen (secondary N) is 1. The lowest BCUT2D eigenvalue weighted by atomic mass is 9.93. The van der Waals surface area contributed by atoms with Gasteiger partial charge in [-0.1, -0.05) is 25.4 Å². The third kappa shape index (κ3) is 5.18. The van der Waals surface area contributed by atoms with Crippen molar-refractivity contribution >= 4 is 34.9 Å². The summed E-state index contributed by atoms with van der Waals surface area (Å²) in [6, 6.07) is 11.9. The summed E-state index contributed by atoms with van der Waals surface area (Å²) in [6.45, 7) is 4.24. The summed E-state index contributed by atoms with van der Waals surface area (Å²) in [5.41, 5.74) is 1.86. The fraction of sp³-hybridized carbons (Fsp3) is 0.292. The Morgan fingerprint density at radius 3 is 2.42 bits per heavy atom. The molecule has 0 saturated carbocycles. The van der Waals surface area contributed by atoms with Crippen molar-refractivity contribution in [2.45, 2.75) is 19.3 Å². The number of methoxy groups -OCH3 is 1. The minimum absolute atomic E-state index is 0.0372. The van der Waals surface area contributed by atoms with Crippen molar-refractivity contribution < 1.29 is 19.4 Å². The molecular formula is C24H27ClN4O4. The average molecular weight is 471 g/mol. The number of carboxylic acid groups (broad SMARTS) is 1. The minimum Gasteiger partial charge on any atom is -0.477 e. The second-order valence-electron chi connectivity index (χ2n) is 8.48. The molecule has 1 heterocycles. The molecule has 8 nitrogen and oxygen atoms in total. The van der Waals surface area contributed by atoms with Gasteiger partial charge in [-0.25, -0.2) is 9.78 Å². The van der Waals surface area contributed by atoms with Crippen molar-refractivity contribution in [2.24, 2.45) is 0 Å². The van der Waals surface area contributed by atoms with Gasteiger partial charge in [-0.3, -0.25) is 9.36 Å². The van der Waals surface area contributed by atoms with Crippen molar-refractivity contribution in [3.63, 3.8) is 0 Å². The summed E-state index contributed by atoms with van der Waals surface area (Å²) >= 11 is 5.90. The molecule has 1 amide bonds. The van der Waals surface area contributed by atoms with Gasteiger partial charge in [-0.15, -0.1) is 0 Å². The highest BCUT2D eigenvalue weighted by molar-refractivity contribution is 6.30. The van der Waals surface area contributed by atoms with E-state index in [-0.39, 0.29) is 11.6 Å². The zero-order valence-corrected chi connectivity index (χ0v) is 20.0. The summed E-state index contributed by atoms with van der Waals surface area (Å²) in [6.07, 6.45) is 1.35. The normalized spacial score (nSPS) is 11.3. The molecule has 0 spiro atoms. The van der Waals surface area contributed by atoms with Gasteiger partial charge in [0.15, 0.2) is 5.69 Å². The topological polar surface area (TPSA) is 96.7 Å². The third-order valence-electron chi connectivity index (χ3n) is 5.15. The Kier molecular flexibility index (Phi) is 7.09. The molecule has 0 atom stereocenters. The Morgan fingerprint density at radius 1 is 1.18 bits per heavy atom. The highest BCUT2D eigenvalue weighted by Gasteiger charge is 2.31. The van der Waals surface area contributed by atoms with E-state index >= 15 is 0 Å². The molecule has 0 fully saturated rings. The van der Waals surface area contributed by atoms with Crippen molar-refractivity contribution in [3.05, 3.63) is 70.8 Å². The van der Waals surface area contributed by atoms with Crippen LogP contribution in [0.5, 0.6) is 0 Å². The predicted molar refractivity (Wildman–Crippen MR) is 129 cm³/mol. The van der Waals surface area contributed by atoms with Crippen LogP contribution in [0.15, 0.2) is 48.7 Å². The molecule has 0 aliphatic carbocycles. The van der Waals surface area contributed by atoms with E-state index in [1.54, 1.807) is 54.1 Å². The summed E-state index contributed by atoms with van der Waals surface area (Å²) < 4.78 is 6.97. The number of aromatic carboxylic acids is 1. The minimum atomic E-state index is -1.09. The van der Waals surface area contributed by atoms with Gasteiger partial charge in [0, 0.05) is 42.9 Å². The van der Waals surface area contributed by atoms with E-state index in [0.717, 1.165) is 0 Å². The first-order chi connectivity index (χ1) is 15.5. The lowest BCUT2D eigenvalue weighted by molar-refractivity contribution is 0.0687. The molecule has 0 aliphatic rings. The zero-order chi connectivity index (χ0) is 24.3. The molecule has 3 rings (SSSR count). The maximum absolute atomic E-state index is 12.6. The van der Waals surface area contributed by atoms with E-state index in [4.69, 9.17) is 16.3 Å². The van der Waals surface area contributed by atoms with Gasteiger partial charge >= 0.3 is 5.97 Å². The number of amides is 1. The quantitative estimate of drug-likeness (QED) is 0.504. The average Bonchev–Trinajstić information content (AvgIpc) is 3.20. The molecule has 2 aromatic carbocycles. The van der Waals surface area contributed by atoms with Gasteiger partial charge in [0.1, 0.15) is 5.82 Å². The number of nitrogens with zero attached hydrogens (tertiary/aromatic N) is 3. The highest BCUT2D eigenvalue weighted by atomic mass is 35.5. The number of ether oxygens (including phenoxy) is 1. The molecule has 1 aromatic heterocycles. The summed E-state index contributed by atoms with van der Waals surface area (Å²) in [5.74, 6) is -0.811. The first kappa shape index (κ1) is 24.3. The second-order valence-corrected chi connectivity index (χ2v) is 8.92. The highest BCUT2D eigenvalue weighted by Crippen LogP contribution is 2.33. The molecule has 0 saturated heterocycles. The number of hydrogen-bond acceptors (Lipinski definition) is 5. The zero-order valence-electron chi connectivity index (χ0n) is 19.2. The number of halogens is 1. The van der Waals surface area contributed by atoms with Crippen LogP contribution in [0, 0.1) is 0 Å². The van der Waals surface area contributed by atoms with E-state index in [9.17, 15) is 14.7 Å². The van der Waals surface area contributed by atoms with Crippen LogP contribution in [-0.2, 0) is 10.2 Å². The van der Waals surface area contributed by atoms with Gasteiger partial charge in [-0.05, 0) is 42.5 Å². The first-order valence-electron chi connectivity index (χ1n) is 10.2. The number of anilines is 2. The van der Waals surface area contributed by atoms with Crippen molar-refractivity contribution in [1.82, 2.24) is 9.55 Å². The van der Waals surface area contributed by atoms with E-state index < -0.39 is 11.4 Å². The molecule has 0 aliphatic heterocycles. The van der Waals surface area contributed by atoms with E-state index in [1.165, 1.54) is 6.20 Å². The number of hydrogen-bond donors (Lipinski definition) is 2. The Labute approximate surface area is 197 Å². The Bertz CT molecular complexity index is 1170. The fourth-order valence-electron chi connectivity index (χ4n) is 3.60. The largest absolute Gasteiger partial charge is 0.477 e. The van der Waals surface area contributed by atoms with E-state index in [2.05, 4.69) is 10.3 Å². The standard InChI is InChI=1S/C24H27ClN4O4/c1-24(2,14-33-5)23-26-13-20(22(31)32)29(23)18-11-10-17(12-19(18)28(3)4)27-21(30)15-6-8-16(25)9-7-15/h6-13H,14H2,1-5H3,(H,27,30)(H,31,32). The number of carboxylic acids is 1. The van der Waals surface area contributed by atoms with Gasteiger partial charge in [0.05, 0.1) is 24.2 Å². The number of imidazole rings is 1. The smallest absolute Gasteiger partial charge is 0.354 e. The number of benzene rings is 2. The SMILES string of the molecule is COCC(C)(C)c1ncc(C(=O)O)n1-c1ccc(NC(=O)c2ccc(Cl)cc2)cc1N(C)C. The van der Waals surface area contributed by atoms with Crippen LogP contribution >= 0.6 is 11.6 Å². The van der Waals surface area contributed by atoms with Gasteiger partial charge in [0.25, 0.3) is 5.91 Å². The fourth-order valence-corrected chi connectivity index (χ4v) is 3.73. The van der Waals surface area contributed by atoms with Crippen molar-refractivity contribution in [1.29, 1.82) is 0 Å². The van der Waals surface area contributed by atoms with Crippen LogP contribution < -0.4 is 10.2 Å². The molecule has 0 bridgehead atoms. The maximum atomic E-state index is 12.6. The van der Waals surface area contributed by atoms with Crippen LogP contribution in [0.1, 0.15) is 40.5 Å².